The normalized spacial score (nSPS) is 17.7. The number of carbonyl (C=O) groups is 2. The Morgan fingerprint density at radius 2 is 0.958 bits per heavy atom. The highest BCUT2D eigenvalue weighted by atomic mass is 16.1. The number of carbonyl (C=O) groups excluding carboxylic acids is 2. The average Bonchev–Trinajstić information content (AvgIpc) is 2.60. The molecule has 0 fully saturated rings. The van der Waals surface area contributed by atoms with Gasteiger partial charge in [-0.3, -0.25) is 9.59 Å². The van der Waals surface area contributed by atoms with Crippen molar-refractivity contribution in [3.63, 3.8) is 0 Å². The van der Waals surface area contributed by atoms with Crippen LogP contribution in [-0.4, -0.2) is 11.6 Å². The first-order valence-electron chi connectivity index (χ1n) is 9.10. The summed E-state index contributed by atoms with van der Waals surface area (Å²) in [7, 11) is 0. The minimum Gasteiger partial charge on any atom is -0.289 e. The quantitative estimate of drug-likeness (QED) is 0.591. The second-order valence-corrected chi connectivity index (χ2v) is 6.96. The van der Waals surface area contributed by atoms with Crippen molar-refractivity contribution in [3.05, 3.63) is 69.8 Å². The highest BCUT2D eigenvalue weighted by Crippen LogP contribution is 2.33. The van der Waals surface area contributed by atoms with Gasteiger partial charge in [0, 0.05) is 22.3 Å². The molecule has 2 aromatic carbocycles. The SMILES string of the molecule is O=C1c2ccccc2C(=O)c2c3ccc(c21)CCCCCCCC3. The van der Waals surface area contributed by atoms with Crippen LogP contribution in [0.25, 0.3) is 0 Å². The zero-order chi connectivity index (χ0) is 16.5. The fourth-order valence-electron chi connectivity index (χ4n) is 4.11. The van der Waals surface area contributed by atoms with Crippen LogP contribution in [0.5, 0.6) is 0 Å². The van der Waals surface area contributed by atoms with E-state index in [1.807, 2.05) is 12.1 Å². The molecule has 0 saturated heterocycles. The topological polar surface area (TPSA) is 34.1 Å². The summed E-state index contributed by atoms with van der Waals surface area (Å²) >= 11 is 0. The molecule has 0 amide bonds. The number of ketones is 2. The van der Waals surface area contributed by atoms with E-state index in [1.165, 1.54) is 25.7 Å². The number of fused-ring (bicyclic) bond motifs is 7. The predicted molar refractivity (Wildman–Crippen MR) is 94.9 cm³/mol. The van der Waals surface area contributed by atoms with Crippen LogP contribution in [0.15, 0.2) is 36.4 Å². The molecule has 0 aromatic heterocycles. The van der Waals surface area contributed by atoms with Gasteiger partial charge in [0.05, 0.1) is 0 Å². The van der Waals surface area contributed by atoms with Crippen LogP contribution in [-0.2, 0) is 12.8 Å². The number of rotatable bonds is 0. The summed E-state index contributed by atoms with van der Waals surface area (Å²) < 4.78 is 0. The van der Waals surface area contributed by atoms with Crippen molar-refractivity contribution in [3.8, 4) is 0 Å². The Bertz CT molecular complexity index is 749. The van der Waals surface area contributed by atoms with Crippen molar-refractivity contribution in [1.82, 2.24) is 0 Å². The predicted octanol–water partition coefficient (Wildman–Crippen LogP) is 4.90. The number of hydrogen-bond acceptors (Lipinski definition) is 2. The van der Waals surface area contributed by atoms with Crippen LogP contribution >= 0.6 is 0 Å². The Balaban J connectivity index is 1.90. The molecule has 2 aliphatic rings. The molecule has 2 aliphatic carbocycles. The van der Waals surface area contributed by atoms with Gasteiger partial charge in [0.2, 0.25) is 0 Å². The first-order valence-corrected chi connectivity index (χ1v) is 9.10. The minimum absolute atomic E-state index is 0.0362. The van der Waals surface area contributed by atoms with Gasteiger partial charge in [0.25, 0.3) is 0 Å². The molecule has 4 rings (SSSR count). The monoisotopic (exact) mass is 318 g/mol. The van der Waals surface area contributed by atoms with Crippen LogP contribution in [0.4, 0.5) is 0 Å². The lowest BCUT2D eigenvalue weighted by molar-refractivity contribution is 0.0977. The highest BCUT2D eigenvalue weighted by Gasteiger charge is 2.33. The lowest BCUT2D eigenvalue weighted by Crippen LogP contribution is -2.24. The summed E-state index contributed by atoms with van der Waals surface area (Å²) in [5.74, 6) is 0.0724. The van der Waals surface area contributed by atoms with E-state index in [1.54, 1.807) is 12.1 Å². The molecule has 2 heteroatoms. The lowest BCUT2D eigenvalue weighted by Gasteiger charge is -2.23. The molecular weight excluding hydrogens is 296 g/mol. The van der Waals surface area contributed by atoms with Crippen LogP contribution in [0.1, 0.15) is 81.5 Å². The minimum atomic E-state index is 0.0362. The Labute approximate surface area is 142 Å². The Morgan fingerprint density at radius 1 is 0.542 bits per heavy atom. The Morgan fingerprint density at radius 3 is 1.42 bits per heavy atom. The molecule has 122 valence electrons. The van der Waals surface area contributed by atoms with E-state index in [0.29, 0.717) is 22.3 Å². The molecular formula is C22H22O2. The summed E-state index contributed by atoms with van der Waals surface area (Å²) in [5, 5.41) is 0. The van der Waals surface area contributed by atoms with Crippen molar-refractivity contribution >= 4 is 11.6 Å². The lowest BCUT2D eigenvalue weighted by atomic mass is 9.78. The molecule has 0 atom stereocenters. The maximum atomic E-state index is 13.1. The number of aryl methyl sites for hydroxylation is 2. The molecule has 0 heterocycles. The summed E-state index contributed by atoms with van der Waals surface area (Å²) in [6, 6.07) is 11.5. The number of benzene rings is 2. The van der Waals surface area contributed by atoms with E-state index in [9.17, 15) is 9.59 Å². The molecule has 0 spiro atoms. The molecule has 2 bridgehead atoms. The van der Waals surface area contributed by atoms with E-state index in [2.05, 4.69) is 12.1 Å². The van der Waals surface area contributed by atoms with Gasteiger partial charge < -0.3 is 0 Å². The zero-order valence-corrected chi connectivity index (χ0v) is 13.9. The maximum Gasteiger partial charge on any atom is 0.194 e. The van der Waals surface area contributed by atoms with Crippen molar-refractivity contribution in [1.29, 1.82) is 0 Å². The molecule has 0 radical (unpaired) electrons. The molecule has 2 nitrogen and oxygen atoms in total. The summed E-state index contributed by atoms with van der Waals surface area (Å²) in [6.45, 7) is 0. The van der Waals surface area contributed by atoms with Crippen LogP contribution in [0.2, 0.25) is 0 Å². The summed E-state index contributed by atoms with van der Waals surface area (Å²) in [4.78, 5) is 26.3. The van der Waals surface area contributed by atoms with E-state index >= 15 is 0 Å². The molecule has 0 N–H and O–H groups in total. The summed E-state index contributed by atoms with van der Waals surface area (Å²) in [5.41, 5.74) is 4.64. The van der Waals surface area contributed by atoms with Crippen molar-refractivity contribution < 1.29 is 9.59 Å². The Hall–Kier alpha value is -2.22. The first-order chi connectivity index (χ1) is 11.8. The molecule has 24 heavy (non-hydrogen) atoms. The van der Waals surface area contributed by atoms with Gasteiger partial charge >= 0.3 is 0 Å². The van der Waals surface area contributed by atoms with Crippen molar-refractivity contribution in [2.75, 3.05) is 0 Å². The van der Waals surface area contributed by atoms with Gasteiger partial charge in [-0.2, -0.15) is 0 Å². The van der Waals surface area contributed by atoms with E-state index in [4.69, 9.17) is 0 Å². The van der Waals surface area contributed by atoms with E-state index in [-0.39, 0.29) is 11.6 Å². The first kappa shape index (κ1) is 15.3. The highest BCUT2D eigenvalue weighted by molar-refractivity contribution is 6.29. The largest absolute Gasteiger partial charge is 0.289 e. The van der Waals surface area contributed by atoms with Gasteiger partial charge in [-0.25, -0.2) is 0 Å². The molecule has 0 saturated carbocycles. The zero-order valence-electron chi connectivity index (χ0n) is 13.9. The summed E-state index contributed by atoms with van der Waals surface area (Å²) in [6.07, 6.45) is 8.92. The van der Waals surface area contributed by atoms with Crippen LogP contribution in [0.3, 0.4) is 0 Å². The van der Waals surface area contributed by atoms with Crippen LogP contribution in [0, 0.1) is 0 Å². The fraction of sp³-hybridized carbons (Fsp3) is 0.364. The third-order valence-electron chi connectivity index (χ3n) is 5.39. The smallest absolute Gasteiger partial charge is 0.194 e. The van der Waals surface area contributed by atoms with E-state index in [0.717, 1.165) is 36.8 Å². The van der Waals surface area contributed by atoms with Crippen LogP contribution < -0.4 is 0 Å². The fourth-order valence-corrected chi connectivity index (χ4v) is 4.11. The van der Waals surface area contributed by atoms with Gasteiger partial charge in [-0.15, -0.1) is 0 Å². The second kappa shape index (κ2) is 6.35. The molecule has 0 aliphatic heterocycles. The van der Waals surface area contributed by atoms with Crippen molar-refractivity contribution in [2.45, 2.75) is 51.4 Å². The third kappa shape index (κ3) is 2.50. The van der Waals surface area contributed by atoms with Crippen molar-refractivity contribution in [2.24, 2.45) is 0 Å². The van der Waals surface area contributed by atoms with Gasteiger partial charge in [0.1, 0.15) is 0 Å². The van der Waals surface area contributed by atoms with Gasteiger partial charge in [-0.05, 0) is 36.8 Å². The third-order valence-corrected chi connectivity index (χ3v) is 5.39. The molecule has 2 aromatic rings. The van der Waals surface area contributed by atoms with Gasteiger partial charge in [0.15, 0.2) is 11.6 Å². The maximum absolute atomic E-state index is 13.1. The van der Waals surface area contributed by atoms with Gasteiger partial charge in [-0.1, -0.05) is 62.1 Å². The Kier molecular flexibility index (Phi) is 4.05. The molecule has 0 unspecified atom stereocenters. The van der Waals surface area contributed by atoms with E-state index < -0.39 is 0 Å². The number of hydrogen-bond donors (Lipinski definition) is 0. The average molecular weight is 318 g/mol. The standard InChI is InChI=1S/C22H22O2/c23-21-17-11-7-8-12-18(17)22(24)20-16-10-6-4-2-1-3-5-9-15(13-14-16)19(20)21/h7-8,11-14H,1-6,9-10H2. The second-order valence-electron chi connectivity index (χ2n) is 6.96.